The predicted molar refractivity (Wildman–Crippen MR) is 69.6 cm³/mol. The van der Waals surface area contributed by atoms with Crippen LogP contribution in [0.2, 0.25) is 0 Å². The smallest absolute Gasteiger partial charge is 0.338 e. The number of hydrogen-bond donors (Lipinski definition) is 0. The van der Waals surface area contributed by atoms with E-state index in [1.807, 2.05) is 49.4 Å². The van der Waals surface area contributed by atoms with E-state index in [9.17, 15) is 4.79 Å². The van der Waals surface area contributed by atoms with Crippen LogP contribution in [0.15, 0.2) is 48.5 Å². The molecular weight excluding hydrogens is 212 g/mol. The Labute approximate surface area is 101 Å². The maximum absolute atomic E-state index is 11.7. The predicted octanol–water partition coefficient (Wildman–Crippen LogP) is 3.42. The van der Waals surface area contributed by atoms with E-state index in [0.29, 0.717) is 5.57 Å². The lowest BCUT2D eigenvalue weighted by Gasteiger charge is -2.08. The van der Waals surface area contributed by atoms with Crippen LogP contribution in [0.4, 0.5) is 0 Å². The van der Waals surface area contributed by atoms with Crippen LogP contribution in [0.25, 0.3) is 16.3 Å². The van der Waals surface area contributed by atoms with Crippen molar-refractivity contribution in [3.63, 3.8) is 0 Å². The second kappa shape index (κ2) is 4.83. The van der Waals surface area contributed by atoms with Gasteiger partial charge in [-0.15, -0.1) is 0 Å². The van der Waals surface area contributed by atoms with E-state index >= 15 is 0 Å². The molecule has 2 rings (SSSR count). The standard InChI is InChI=1S/C15H14O2/c1-3-12(15(16)17-2)14-10-6-8-11-7-4-5-9-13(11)14/h3-10H,1-2H3/b12-3+. The Bertz CT molecular complexity index is 577. The quantitative estimate of drug-likeness (QED) is 0.579. The topological polar surface area (TPSA) is 26.3 Å². The van der Waals surface area contributed by atoms with Crippen LogP contribution >= 0.6 is 0 Å². The second-order valence-electron chi connectivity index (χ2n) is 3.72. The molecule has 86 valence electrons. The summed E-state index contributed by atoms with van der Waals surface area (Å²) in [6.07, 6.45) is 1.79. The van der Waals surface area contributed by atoms with Gasteiger partial charge in [-0.2, -0.15) is 0 Å². The molecule has 2 nitrogen and oxygen atoms in total. The third-order valence-electron chi connectivity index (χ3n) is 2.77. The number of allylic oxidation sites excluding steroid dienone is 1. The lowest BCUT2D eigenvalue weighted by atomic mass is 9.98. The third kappa shape index (κ3) is 2.07. The van der Waals surface area contributed by atoms with Gasteiger partial charge in [-0.05, 0) is 23.3 Å². The summed E-state index contributed by atoms with van der Waals surface area (Å²) in [5.41, 5.74) is 1.52. The normalized spacial score (nSPS) is 11.5. The van der Waals surface area contributed by atoms with E-state index in [2.05, 4.69) is 0 Å². The summed E-state index contributed by atoms with van der Waals surface area (Å²) < 4.78 is 4.80. The number of rotatable bonds is 2. The molecule has 17 heavy (non-hydrogen) atoms. The van der Waals surface area contributed by atoms with Crippen molar-refractivity contribution in [1.82, 2.24) is 0 Å². The van der Waals surface area contributed by atoms with E-state index in [4.69, 9.17) is 4.74 Å². The molecule has 2 heteroatoms. The zero-order chi connectivity index (χ0) is 12.3. The first-order valence-corrected chi connectivity index (χ1v) is 5.50. The highest BCUT2D eigenvalue weighted by molar-refractivity contribution is 6.20. The molecule has 0 aliphatic carbocycles. The first kappa shape index (κ1) is 11.4. The first-order valence-electron chi connectivity index (χ1n) is 5.50. The summed E-state index contributed by atoms with van der Waals surface area (Å²) in [6.45, 7) is 1.84. The van der Waals surface area contributed by atoms with E-state index in [0.717, 1.165) is 16.3 Å². The number of carbonyl (C=O) groups is 1. The molecule has 0 fully saturated rings. The molecule has 0 atom stereocenters. The minimum absolute atomic E-state index is 0.302. The number of carbonyl (C=O) groups excluding carboxylic acids is 1. The zero-order valence-electron chi connectivity index (χ0n) is 9.94. The molecule has 0 aromatic heterocycles. The summed E-state index contributed by atoms with van der Waals surface area (Å²) in [5.74, 6) is -0.302. The fraction of sp³-hybridized carbons (Fsp3) is 0.133. The fourth-order valence-corrected chi connectivity index (χ4v) is 1.95. The molecule has 0 N–H and O–H groups in total. The second-order valence-corrected chi connectivity index (χ2v) is 3.72. The fourth-order valence-electron chi connectivity index (χ4n) is 1.95. The highest BCUT2D eigenvalue weighted by Gasteiger charge is 2.13. The number of esters is 1. The number of hydrogen-bond acceptors (Lipinski definition) is 2. The molecule has 2 aromatic rings. The molecule has 0 saturated carbocycles. The molecule has 0 aliphatic heterocycles. The van der Waals surface area contributed by atoms with Gasteiger partial charge in [0, 0.05) is 0 Å². The zero-order valence-corrected chi connectivity index (χ0v) is 9.94. The highest BCUT2D eigenvalue weighted by atomic mass is 16.5. The molecule has 0 spiro atoms. The van der Waals surface area contributed by atoms with Gasteiger partial charge in [0.2, 0.25) is 0 Å². The highest BCUT2D eigenvalue weighted by Crippen LogP contribution is 2.25. The van der Waals surface area contributed by atoms with Gasteiger partial charge in [-0.3, -0.25) is 0 Å². The van der Waals surface area contributed by atoms with Crippen molar-refractivity contribution < 1.29 is 9.53 Å². The van der Waals surface area contributed by atoms with Crippen LogP contribution in [0.1, 0.15) is 12.5 Å². The lowest BCUT2D eigenvalue weighted by Crippen LogP contribution is -2.04. The van der Waals surface area contributed by atoms with Crippen LogP contribution in [0.5, 0.6) is 0 Å². The van der Waals surface area contributed by atoms with E-state index in [1.54, 1.807) is 6.08 Å². The van der Waals surface area contributed by atoms with Crippen molar-refractivity contribution in [3.05, 3.63) is 54.1 Å². The van der Waals surface area contributed by atoms with Crippen LogP contribution in [-0.2, 0) is 9.53 Å². The van der Waals surface area contributed by atoms with Crippen molar-refractivity contribution in [3.8, 4) is 0 Å². The van der Waals surface area contributed by atoms with Crippen LogP contribution < -0.4 is 0 Å². The molecule has 0 saturated heterocycles. The molecule has 0 unspecified atom stereocenters. The summed E-state index contributed by atoms with van der Waals surface area (Å²) >= 11 is 0. The molecule has 0 heterocycles. The van der Waals surface area contributed by atoms with Crippen LogP contribution in [0, 0.1) is 0 Å². The molecule has 2 aromatic carbocycles. The third-order valence-corrected chi connectivity index (χ3v) is 2.77. The molecule has 0 amide bonds. The largest absolute Gasteiger partial charge is 0.465 e. The average molecular weight is 226 g/mol. The van der Waals surface area contributed by atoms with Gasteiger partial charge in [-0.25, -0.2) is 4.79 Å². The number of benzene rings is 2. The van der Waals surface area contributed by atoms with E-state index in [-0.39, 0.29) is 5.97 Å². The number of ether oxygens (including phenoxy) is 1. The maximum atomic E-state index is 11.7. The SMILES string of the molecule is C/C=C(/C(=O)OC)c1cccc2ccccc12. The molecule has 0 radical (unpaired) electrons. The minimum atomic E-state index is -0.302. The number of fused-ring (bicyclic) bond motifs is 1. The van der Waals surface area contributed by atoms with Gasteiger partial charge < -0.3 is 4.74 Å². The van der Waals surface area contributed by atoms with Gasteiger partial charge >= 0.3 is 5.97 Å². The first-order chi connectivity index (χ1) is 8.27. The van der Waals surface area contributed by atoms with Crippen molar-refractivity contribution in [2.45, 2.75) is 6.92 Å². The Morgan fingerprint density at radius 1 is 1.12 bits per heavy atom. The molecular formula is C15H14O2. The maximum Gasteiger partial charge on any atom is 0.338 e. The minimum Gasteiger partial charge on any atom is -0.465 e. The monoisotopic (exact) mass is 226 g/mol. The van der Waals surface area contributed by atoms with Crippen molar-refractivity contribution in [2.24, 2.45) is 0 Å². The van der Waals surface area contributed by atoms with Gasteiger partial charge in [0.25, 0.3) is 0 Å². The van der Waals surface area contributed by atoms with Crippen LogP contribution in [0.3, 0.4) is 0 Å². The Morgan fingerprint density at radius 3 is 2.53 bits per heavy atom. The van der Waals surface area contributed by atoms with Gasteiger partial charge in [-0.1, -0.05) is 48.5 Å². The summed E-state index contributed by atoms with van der Waals surface area (Å²) in [4.78, 5) is 11.7. The van der Waals surface area contributed by atoms with E-state index in [1.165, 1.54) is 7.11 Å². The Hall–Kier alpha value is -2.09. The van der Waals surface area contributed by atoms with Crippen molar-refractivity contribution in [2.75, 3.05) is 7.11 Å². The van der Waals surface area contributed by atoms with Crippen LogP contribution in [-0.4, -0.2) is 13.1 Å². The molecule has 0 aliphatic rings. The van der Waals surface area contributed by atoms with Crippen molar-refractivity contribution in [1.29, 1.82) is 0 Å². The summed E-state index contributed by atoms with van der Waals surface area (Å²) in [5, 5.41) is 2.18. The van der Waals surface area contributed by atoms with Gasteiger partial charge in [0.05, 0.1) is 12.7 Å². The van der Waals surface area contributed by atoms with Gasteiger partial charge in [0.1, 0.15) is 0 Å². The Morgan fingerprint density at radius 2 is 1.82 bits per heavy atom. The summed E-state index contributed by atoms with van der Waals surface area (Å²) in [7, 11) is 1.40. The van der Waals surface area contributed by atoms with Gasteiger partial charge in [0.15, 0.2) is 0 Å². The van der Waals surface area contributed by atoms with Crippen molar-refractivity contribution >= 4 is 22.3 Å². The molecule has 0 bridgehead atoms. The summed E-state index contributed by atoms with van der Waals surface area (Å²) in [6, 6.07) is 13.9. The lowest BCUT2D eigenvalue weighted by molar-refractivity contribution is -0.133. The Kier molecular flexibility index (Phi) is 3.24. The average Bonchev–Trinajstić information content (AvgIpc) is 2.39. The Balaban J connectivity index is 2.66. The van der Waals surface area contributed by atoms with E-state index < -0.39 is 0 Å². The number of methoxy groups -OCH3 is 1.